The summed E-state index contributed by atoms with van der Waals surface area (Å²) in [5.74, 6) is 0.237. The van der Waals surface area contributed by atoms with Crippen LogP contribution in [0.3, 0.4) is 0 Å². The van der Waals surface area contributed by atoms with E-state index < -0.39 is 5.41 Å². The number of hydrogen-bond donors (Lipinski definition) is 1. The summed E-state index contributed by atoms with van der Waals surface area (Å²) in [4.78, 5) is 22.8. The second-order valence-electron chi connectivity index (χ2n) is 8.77. The van der Waals surface area contributed by atoms with Gasteiger partial charge in [0.2, 0.25) is 11.6 Å². The molecule has 0 radical (unpaired) electrons. The Morgan fingerprint density at radius 2 is 1.73 bits per heavy atom. The third kappa shape index (κ3) is 5.40. The summed E-state index contributed by atoms with van der Waals surface area (Å²) in [6.07, 6.45) is 0. The molecule has 2 heterocycles. The molecule has 8 nitrogen and oxygen atoms in total. The Hall–Kier alpha value is -2.38. The summed E-state index contributed by atoms with van der Waals surface area (Å²) in [6.45, 7) is 24.8. The number of aromatic nitrogens is 2. The van der Waals surface area contributed by atoms with Crippen molar-refractivity contribution in [1.29, 1.82) is 0 Å². The van der Waals surface area contributed by atoms with Crippen molar-refractivity contribution in [1.82, 2.24) is 9.36 Å². The second-order valence-corrected chi connectivity index (χ2v) is 10.5. The largest absolute Gasteiger partial charge is 0.349 e. The molecule has 0 aliphatic rings. The predicted octanol–water partition coefficient (Wildman–Crippen LogP) is 6.69. The first-order chi connectivity index (χ1) is 13.9. The number of nitrogens with zero attached hydrogens (tertiary/aromatic N) is 6. The lowest BCUT2D eigenvalue weighted by Crippen LogP contribution is -2.28. The van der Waals surface area contributed by atoms with Crippen LogP contribution in [0.2, 0.25) is 0 Å². The van der Waals surface area contributed by atoms with E-state index in [0.717, 1.165) is 29.8 Å². The van der Waals surface area contributed by atoms with Crippen molar-refractivity contribution in [3.05, 3.63) is 17.1 Å². The molecule has 0 fully saturated rings. The third-order valence-electron chi connectivity index (χ3n) is 4.25. The van der Waals surface area contributed by atoms with E-state index in [-0.39, 0.29) is 11.3 Å². The zero-order chi connectivity index (χ0) is 22.7. The number of azo groups is 1. The van der Waals surface area contributed by atoms with E-state index in [0.29, 0.717) is 27.2 Å². The van der Waals surface area contributed by atoms with Crippen molar-refractivity contribution in [3.63, 3.8) is 0 Å². The molecule has 10 heteroatoms. The van der Waals surface area contributed by atoms with E-state index in [1.54, 1.807) is 0 Å². The molecule has 2 rings (SSSR count). The Labute approximate surface area is 186 Å². The van der Waals surface area contributed by atoms with Crippen LogP contribution in [-0.4, -0.2) is 28.4 Å². The molecule has 0 saturated carbocycles. The summed E-state index contributed by atoms with van der Waals surface area (Å²) in [6, 6.07) is 0. The first-order valence-corrected chi connectivity index (χ1v) is 11.4. The summed E-state index contributed by atoms with van der Waals surface area (Å²) < 4.78 is 4.42. The lowest BCUT2D eigenvalue weighted by atomic mass is 9.91. The average Bonchev–Trinajstić information content (AvgIpc) is 3.23. The molecule has 30 heavy (non-hydrogen) atoms. The predicted molar refractivity (Wildman–Crippen MR) is 125 cm³/mol. The van der Waals surface area contributed by atoms with Gasteiger partial charge in [-0.1, -0.05) is 52.9 Å². The molecule has 2 aromatic heterocycles. The summed E-state index contributed by atoms with van der Waals surface area (Å²) in [5.41, 5.74) is 0.316. The number of nitrogens with one attached hydrogen (secondary N) is 1. The maximum absolute atomic E-state index is 12.5. The molecule has 162 valence electrons. The molecule has 0 atom stereocenters. The van der Waals surface area contributed by atoms with E-state index in [1.807, 2.05) is 55.4 Å². The topological polar surface area (TPSA) is 87.2 Å². The Bertz CT molecular complexity index is 967. The van der Waals surface area contributed by atoms with Gasteiger partial charge in [-0.05, 0) is 30.8 Å². The molecule has 0 aliphatic carbocycles. The highest BCUT2D eigenvalue weighted by atomic mass is 32.1. The molecular formula is C20H29N7OS2. The van der Waals surface area contributed by atoms with Crippen LogP contribution in [0, 0.1) is 12.0 Å². The highest BCUT2D eigenvalue weighted by molar-refractivity contribution is 7.19. The Morgan fingerprint density at radius 1 is 1.13 bits per heavy atom. The molecule has 0 aromatic carbocycles. The number of thiazole rings is 1. The number of anilines is 2. The van der Waals surface area contributed by atoms with E-state index >= 15 is 0 Å². The molecule has 0 saturated heterocycles. The minimum atomic E-state index is -0.566. The summed E-state index contributed by atoms with van der Waals surface area (Å²) in [7, 11) is 0. The van der Waals surface area contributed by atoms with Crippen molar-refractivity contribution < 1.29 is 4.79 Å². The van der Waals surface area contributed by atoms with Crippen molar-refractivity contribution in [2.45, 2.75) is 60.8 Å². The molecule has 0 aliphatic heterocycles. The fraction of sp³-hybridized carbons (Fsp3) is 0.600. The highest BCUT2D eigenvalue weighted by Crippen LogP contribution is 2.44. The Kier molecular flexibility index (Phi) is 7.31. The molecule has 1 amide bonds. The van der Waals surface area contributed by atoms with E-state index in [9.17, 15) is 4.79 Å². The van der Waals surface area contributed by atoms with Crippen LogP contribution in [-0.2, 0) is 10.2 Å². The minimum absolute atomic E-state index is 0.148. The molecule has 0 bridgehead atoms. The van der Waals surface area contributed by atoms with Crippen LogP contribution in [0.4, 0.5) is 26.6 Å². The van der Waals surface area contributed by atoms with Gasteiger partial charge in [-0.3, -0.25) is 4.79 Å². The van der Waals surface area contributed by atoms with Gasteiger partial charge in [-0.15, -0.1) is 10.2 Å². The maximum Gasteiger partial charge on any atom is 0.248 e. The molecule has 0 unspecified atom stereocenters. The van der Waals surface area contributed by atoms with Gasteiger partial charge in [0.15, 0.2) is 21.0 Å². The molecule has 1 N–H and O–H groups in total. The third-order valence-corrected chi connectivity index (χ3v) is 5.97. The van der Waals surface area contributed by atoms with Gasteiger partial charge in [0.25, 0.3) is 0 Å². The van der Waals surface area contributed by atoms with Gasteiger partial charge >= 0.3 is 0 Å². The average molecular weight is 448 g/mol. The van der Waals surface area contributed by atoms with E-state index in [1.165, 1.54) is 11.3 Å². The van der Waals surface area contributed by atoms with Gasteiger partial charge < -0.3 is 10.2 Å². The standard InChI is InChI=1S/C20H29N7OS2/c1-10-27(11-2)18-23-14(22-17(28)20(6,7)8)16(29-18)25-24-15-12(21-9)13(26-30-15)19(3,4)5/h10-11H2,1-8H3,(H,22,28). The zero-order valence-electron chi connectivity index (χ0n) is 18.8. The quantitative estimate of drug-likeness (QED) is 0.394. The van der Waals surface area contributed by atoms with Crippen molar-refractivity contribution >= 4 is 55.4 Å². The first kappa shape index (κ1) is 23.9. The van der Waals surface area contributed by atoms with Gasteiger partial charge in [-0.25, -0.2) is 14.2 Å². The fourth-order valence-electron chi connectivity index (χ4n) is 2.40. The minimum Gasteiger partial charge on any atom is -0.349 e. The number of rotatable bonds is 6. The Morgan fingerprint density at radius 3 is 2.23 bits per heavy atom. The van der Waals surface area contributed by atoms with Crippen LogP contribution >= 0.6 is 22.9 Å². The smallest absolute Gasteiger partial charge is 0.248 e. The number of carbonyl (C=O) groups is 1. The van der Waals surface area contributed by atoms with Crippen molar-refractivity contribution in [2.24, 2.45) is 15.6 Å². The number of amides is 1. The number of carbonyl (C=O) groups excluding carboxylic acids is 1. The second kappa shape index (κ2) is 9.18. The Balaban J connectivity index is 2.46. The lowest BCUT2D eigenvalue weighted by molar-refractivity contribution is -0.123. The first-order valence-electron chi connectivity index (χ1n) is 9.78. The van der Waals surface area contributed by atoms with Crippen LogP contribution < -0.4 is 10.2 Å². The van der Waals surface area contributed by atoms with Crippen molar-refractivity contribution in [2.75, 3.05) is 23.3 Å². The van der Waals surface area contributed by atoms with E-state index in [2.05, 4.69) is 34.6 Å². The van der Waals surface area contributed by atoms with Crippen LogP contribution in [0.15, 0.2) is 10.2 Å². The van der Waals surface area contributed by atoms with Gasteiger partial charge in [0.05, 0.1) is 12.3 Å². The fourth-order valence-corrected chi connectivity index (χ4v) is 4.22. The van der Waals surface area contributed by atoms with Crippen molar-refractivity contribution in [3.8, 4) is 0 Å². The number of hydrogen-bond acceptors (Lipinski definition) is 8. The van der Waals surface area contributed by atoms with Gasteiger partial charge in [0.1, 0.15) is 0 Å². The van der Waals surface area contributed by atoms with Gasteiger partial charge in [0, 0.05) is 18.5 Å². The lowest BCUT2D eigenvalue weighted by Gasteiger charge is -2.17. The maximum atomic E-state index is 12.5. The zero-order valence-corrected chi connectivity index (χ0v) is 20.5. The van der Waals surface area contributed by atoms with Crippen LogP contribution in [0.1, 0.15) is 61.1 Å². The normalized spacial score (nSPS) is 12.2. The van der Waals surface area contributed by atoms with Crippen LogP contribution in [0.25, 0.3) is 4.85 Å². The summed E-state index contributed by atoms with van der Waals surface area (Å²) in [5, 5.41) is 13.3. The van der Waals surface area contributed by atoms with Gasteiger partial charge in [-0.2, -0.15) is 0 Å². The highest BCUT2D eigenvalue weighted by Gasteiger charge is 2.26. The molecule has 0 spiro atoms. The SMILES string of the molecule is [C-]#[N+]c1c(C(C)(C)C)nsc1N=Nc1sc(N(CC)CC)nc1NC(=O)C(C)(C)C. The molecular weight excluding hydrogens is 418 g/mol. The van der Waals surface area contributed by atoms with Crippen LogP contribution in [0.5, 0.6) is 0 Å². The van der Waals surface area contributed by atoms with E-state index in [4.69, 9.17) is 6.57 Å². The molecule has 2 aromatic rings. The monoisotopic (exact) mass is 447 g/mol. The summed E-state index contributed by atoms with van der Waals surface area (Å²) >= 11 is 2.52.